The van der Waals surface area contributed by atoms with Crippen LogP contribution in [0, 0.1) is 0 Å². The molecule has 0 heterocycles. The summed E-state index contributed by atoms with van der Waals surface area (Å²) in [6.07, 6.45) is 4.14. The maximum atomic E-state index is 6.05. The molecule has 1 aromatic carbocycles. The SMILES string of the molecule is CCC(N)Cc1ccccc1N(C)CCSC. The second-order valence-electron chi connectivity index (χ2n) is 4.42. The Balaban J connectivity index is 2.76. The van der Waals surface area contributed by atoms with E-state index < -0.39 is 0 Å². The van der Waals surface area contributed by atoms with Gasteiger partial charge in [-0.2, -0.15) is 11.8 Å². The van der Waals surface area contributed by atoms with Gasteiger partial charge in [0.1, 0.15) is 0 Å². The van der Waals surface area contributed by atoms with E-state index in [1.165, 1.54) is 11.3 Å². The van der Waals surface area contributed by atoms with Crippen LogP contribution >= 0.6 is 11.8 Å². The maximum absolute atomic E-state index is 6.05. The normalized spacial score (nSPS) is 12.5. The number of nitrogens with zero attached hydrogens (tertiary/aromatic N) is 1. The van der Waals surface area contributed by atoms with Crippen molar-refractivity contribution in [3.63, 3.8) is 0 Å². The third-order valence-corrected chi connectivity index (χ3v) is 3.63. The van der Waals surface area contributed by atoms with Gasteiger partial charge >= 0.3 is 0 Å². The van der Waals surface area contributed by atoms with Crippen LogP contribution in [-0.4, -0.2) is 31.6 Å². The van der Waals surface area contributed by atoms with Crippen molar-refractivity contribution in [1.29, 1.82) is 0 Å². The summed E-state index contributed by atoms with van der Waals surface area (Å²) in [6.45, 7) is 3.23. The average molecular weight is 252 g/mol. The van der Waals surface area contributed by atoms with Crippen LogP contribution in [0.4, 0.5) is 5.69 Å². The number of thioether (sulfide) groups is 1. The van der Waals surface area contributed by atoms with Crippen molar-refractivity contribution in [3.8, 4) is 0 Å². The zero-order chi connectivity index (χ0) is 12.7. The largest absolute Gasteiger partial charge is 0.374 e. The number of anilines is 1. The number of benzene rings is 1. The highest BCUT2D eigenvalue weighted by Crippen LogP contribution is 2.21. The Hall–Kier alpha value is -0.670. The molecule has 0 aromatic heterocycles. The summed E-state index contributed by atoms with van der Waals surface area (Å²) < 4.78 is 0. The van der Waals surface area contributed by atoms with E-state index in [0.29, 0.717) is 0 Å². The van der Waals surface area contributed by atoms with Crippen LogP contribution in [0.5, 0.6) is 0 Å². The molecular weight excluding hydrogens is 228 g/mol. The van der Waals surface area contributed by atoms with E-state index in [4.69, 9.17) is 5.73 Å². The van der Waals surface area contributed by atoms with Crippen LogP contribution in [0.1, 0.15) is 18.9 Å². The van der Waals surface area contributed by atoms with E-state index in [1.807, 2.05) is 11.8 Å². The van der Waals surface area contributed by atoms with Gasteiger partial charge in [0.25, 0.3) is 0 Å². The summed E-state index contributed by atoms with van der Waals surface area (Å²) >= 11 is 1.88. The smallest absolute Gasteiger partial charge is 0.0397 e. The fraction of sp³-hybridized carbons (Fsp3) is 0.571. The molecule has 3 heteroatoms. The molecule has 0 fully saturated rings. The first-order valence-corrected chi connectivity index (χ1v) is 7.62. The molecule has 0 radical (unpaired) electrons. The standard InChI is InChI=1S/C14H24N2S/c1-4-13(15)11-12-7-5-6-8-14(12)16(2)9-10-17-3/h5-8,13H,4,9-11,15H2,1-3H3. The average Bonchev–Trinajstić information content (AvgIpc) is 2.36. The molecule has 1 aromatic rings. The molecule has 1 rings (SSSR count). The molecule has 0 aliphatic rings. The van der Waals surface area contributed by atoms with Crippen LogP contribution in [0.3, 0.4) is 0 Å². The van der Waals surface area contributed by atoms with Gasteiger partial charge < -0.3 is 10.6 Å². The Morgan fingerprint density at radius 1 is 1.35 bits per heavy atom. The third-order valence-electron chi connectivity index (χ3n) is 3.04. The fourth-order valence-electron chi connectivity index (χ4n) is 1.83. The fourth-order valence-corrected chi connectivity index (χ4v) is 2.29. The molecule has 1 unspecified atom stereocenters. The third kappa shape index (κ3) is 4.60. The van der Waals surface area contributed by atoms with Crippen molar-refractivity contribution in [1.82, 2.24) is 0 Å². The molecule has 1 atom stereocenters. The number of nitrogens with two attached hydrogens (primary N) is 1. The first-order valence-electron chi connectivity index (χ1n) is 6.22. The monoisotopic (exact) mass is 252 g/mol. The van der Waals surface area contributed by atoms with Crippen molar-refractivity contribution in [2.75, 3.05) is 30.5 Å². The second-order valence-corrected chi connectivity index (χ2v) is 5.40. The van der Waals surface area contributed by atoms with Gasteiger partial charge in [0, 0.05) is 31.1 Å². The Morgan fingerprint density at radius 2 is 2.06 bits per heavy atom. The molecule has 0 amide bonds. The van der Waals surface area contributed by atoms with Crippen molar-refractivity contribution >= 4 is 17.4 Å². The number of rotatable bonds is 7. The van der Waals surface area contributed by atoms with Crippen LogP contribution < -0.4 is 10.6 Å². The maximum Gasteiger partial charge on any atom is 0.0397 e. The molecule has 0 aliphatic heterocycles. The predicted molar refractivity (Wildman–Crippen MR) is 80.1 cm³/mol. The summed E-state index contributed by atoms with van der Waals surface area (Å²) in [4.78, 5) is 2.33. The van der Waals surface area contributed by atoms with Gasteiger partial charge in [-0.15, -0.1) is 0 Å². The van der Waals surface area contributed by atoms with Crippen LogP contribution in [-0.2, 0) is 6.42 Å². The minimum Gasteiger partial charge on any atom is -0.374 e. The number of para-hydroxylation sites is 1. The Bertz CT molecular complexity index is 328. The number of hydrogen-bond acceptors (Lipinski definition) is 3. The van der Waals surface area contributed by atoms with Gasteiger partial charge in [0.05, 0.1) is 0 Å². The molecule has 2 N–H and O–H groups in total. The topological polar surface area (TPSA) is 29.3 Å². The molecule has 0 spiro atoms. The van der Waals surface area contributed by atoms with Gasteiger partial charge in [-0.1, -0.05) is 25.1 Å². The molecule has 2 nitrogen and oxygen atoms in total. The Labute approximate surface area is 110 Å². The molecule has 17 heavy (non-hydrogen) atoms. The molecular formula is C14H24N2S. The van der Waals surface area contributed by atoms with Crippen molar-refractivity contribution < 1.29 is 0 Å². The Kier molecular flexibility index (Phi) is 6.45. The lowest BCUT2D eigenvalue weighted by atomic mass is 10.0. The minimum atomic E-state index is 0.269. The van der Waals surface area contributed by atoms with Crippen LogP contribution in [0.2, 0.25) is 0 Å². The van der Waals surface area contributed by atoms with Gasteiger partial charge in [0.2, 0.25) is 0 Å². The highest BCUT2D eigenvalue weighted by Gasteiger charge is 2.09. The van der Waals surface area contributed by atoms with Gasteiger partial charge in [-0.25, -0.2) is 0 Å². The van der Waals surface area contributed by atoms with Crippen molar-refractivity contribution in [3.05, 3.63) is 29.8 Å². The van der Waals surface area contributed by atoms with Gasteiger partial charge in [-0.3, -0.25) is 0 Å². The summed E-state index contributed by atoms with van der Waals surface area (Å²) in [5.41, 5.74) is 8.74. The van der Waals surface area contributed by atoms with Crippen molar-refractivity contribution in [2.24, 2.45) is 5.73 Å². The zero-order valence-corrected chi connectivity index (χ0v) is 12.0. The van der Waals surface area contributed by atoms with E-state index in [2.05, 4.69) is 49.4 Å². The predicted octanol–water partition coefficient (Wildman–Crippen LogP) is 2.77. The van der Waals surface area contributed by atoms with Crippen LogP contribution in [0.15, 0.2) is 24.3 Å². The lowest BCUT2D eigenvalue weighted by Gasteiger charge is -2.23. The molecule has 96 valence electrons. The summed E-state index contributed by atoms with van der Waals surface area (Å²) in [5.74, 6) is 1.16. The highest BCUT2D eigenvalue weighted by molar-refractivity contribution is 7.98. The molecule has 0 aliphatic carbocycles. The molecule has 0 saturated heterocycles. The van der Waals surface area contributed by atoms with E-state index in [0.717, 1.165) is 25.1 Å². The van der Waals surface area contributed by atoms with Gasteiger partial charge in [0.15, 0.2) is 0 Å². The van der Waals surface area contributed by atoms with Gasteiger partial charge in [-0.05, 0) is 30.7 Å². The van der Waals surface area contributed by atoms with E-state index in [9.17, 15) is 0 Å². The summed E-state index contributed by atoms with van der Waals surface area (Å²) in [5, 5.41) is 0. The lowest BCUT2D eigenvalue weighted by molar-refractivity contribution is 0.645. The highest BCUT2D eigenvalue weighted by atomic mass is 32.2. The summed E-state index contributed by atoms with van der Waals surface area (Å²) in [7, 11) is 2.16. The van der Waals surface area contributed by atoms with E-state index >= 15 is 0 Å². The molecule has 0 bridgehead atoms. The second kappa shape index (κ2) is 7.62. The summed E-state index contributed by atoms with van der Waals surface area (Å²) in [6, 6.07) is 8.86. The van der Waals surface area contributed by atoms with Crippen molar-refractivity contribution in [2.45, 2.75) is 25.8 Å². The quantitative estimate of drug-likeness (QED) is 0.809. The Morgan fingerprint density at radius 3 is 2.71 bits per heavy atom. The first kappa shape index (κ1) is 14.4. The minimum absolute atomic E-state index is 0.269. The first-order chi connectivity index (χ1) is 8.19. The van der Waals surface area contributed by atoms with E-state index in [1.54, 1.807) is 0 Å². The molecule has 0 saturated carbocycles. The number of hydrogen-bond donors (Lipinski definition) is 1. The van der Waals surface area contributed by atoms with Crippen LogP contribution in [0.25, 0.3) is 0 Å². The van der Waals surface area contributed by atoms with E-state index in [-0.39, 0.29) is 6.04 Å². The zero-order valence-electron chi connectivity index (χ0n) is 11.1. The lowest BCUT2D eigenvalue weighted by Crippen LogP contribution is -2.25.